The Morgan fingerprint density at radius 1 is 1.24 bits per heavy atom. The third-order valence-electron chi connectivity index (χ3n) is 3.36. The van der Waals surface area contributed by atoms with Crippen molar-refractivity contribution >= 4 is 21.8 Å². The minimum absolute atomic E-state index is 0.0798. The van der Waals surface area contributed by atoms with Gasteiger partial charge in [-0.15, -0.1) is 0 Å². The highest BCUT2D eigenvalue weighted by molar-refractivity contribution is 9.10. The second-order valence-corrected chi connectivity index (χ2v) is 5.88. The van der Waals surface area contributed by atoms with Gasteiger partial charge in [-0.3, -0.25) is 4.79 Å². The van der Waals surface area contributed by atoms with E-state index in [4.69, 9.17) is 0 Å². The van der Waals surface area contributed by atoms with Gasteiger partial charge < -0.3 is 5.32 Å². The summed E-state index contributed by atoms with van der Waals surface area (Å²) in [6.07, 6.45) is 0.737. The predicted octanol–water partition coefficient (Wildman–Crippen LogP) is 4.78. The summed E-state index contributed by atoms with van der Waals surface area (Å²) >= 11 is 3.38. The van der Waals surface area contributed by atoms with E-state index in [9.17, 15) is 9.18 Å². The molecule has 2 nitrogen and oxygen atoms in total. The van der Waals surface area contributed by atoms with Crippen LogP contribution >= 0.6 is 15.9 Å². The third kappa shape index (κ3) is 3.91. The molecule has 0 aliphatic heterocycles. The molecular weight excluding hydrogens is 333 g/mol. The molecule has 2 aromatic carbocycles. The van der Waals surface area contributed by atoms with Gasteiger partial charge in [-0.2, -0.15) is 0 Å². The monoisotopic (exact) mass is 349 g/mol. The zero-order valence-corrected chi connectivity index (χ0v) is 13.6. The maximum Gasteiger partial charge on any atom is 0.254 e. The molecule has 0 radical (unpaired) electrons. The molecule has 1 amide bonds. The number of carbonyl (C=O) groups excluding carboxylic acids is 1. The minimum atomic E-state index is -0.488. The fourth-order valence-corrected chi connectivity index (χ4v) is 2.42. The molecule has 21 heavy (non-hydrogen) atoms. The Balaban J connectivity index is 2.18. The van der Waals surface area contributed by atoms with E-state index in [0.29, 0.717) is 0 Å². The summed E-state index contributed by atoms with van der Waals surface area (Å²) < 4.78 is 14.8. The fraction of sp³-hybridized carbons (Fsp3) is 0.235. The molecule has 0 aliphatic carbocycles. The molecule has 4 heteroatoms. The summed E-state index contributed by atoms with van der Waals surface area (Å²) in [6, 6.07) is 12.2. The van der Waals surface area contributed by atoms with Gasteiger partial charge in [0.1, 0.15) is 5.82 Å². The van der Waals surface area contributed by atoms with E-state index in [1.807, 2.05) is 31.2 Å². The molecule has 1 unspecified atom stereocenters. The van der Waals surface area contributed by atoms with Crippen molar-refractivity contribution in [3.8, 4) is 0 Å². The van der Waals surface area contributed by atoms with Crippen molar-refractivity contribution in [1.82, 2.24) is 5.32 Å². The van der Waals surface area contributed by atoms with Crippen molar-refractivity contribution < 1.29 is 9.18 Å². The molecule has 0 fully saturated rings. The number of carbonyl (C=O) groups is 1. The topological polar surface area (TPSA) is 29.1 Å². The van der Waals surface area contributed by atoms with E-state index in [1.54, 1.807) is 13.0 Å². The molecule has 2 rings (SSSR count). The zero-order chi connectivity index (χ0) is 15.4. The van der Waals surface area contributed by atoms with Crippen LogP contribution in [0.1, 0.15) is 40.9 Å². The smallest absolute Gasteiger partial charge is 0.254 e. The van der Waals surface area contributed by atoms with Crippen LogP contribution in [0.25, 0.3) is 0 Å². The van der Waals surface area contributed by atoms with Crippen LogP contribution in [-0.4, -0.2) is 5.91 Å². The second-order valence-electron chi connectivity index (χ2n) is 4.97. The fourth-order valence-electron chi connectivity index (χ4n) is 2.16. The molecule has 0 aliphatic rings. The van der Waals surface area contributed by atoms with Crippen LogP contribution in [-0.2, 0) is 0 Å². The Labute approximate surface area is 132 Å². The van der Waals surface area contributed by atoms with Gasteiger partial charge in [0, 0.05) is 4.47 Å². The number of rotatable bonds is 4. The molecule has 2 aromatic rings. The first kappa shape index (κ1) is 15.7. The summed E-state index contributed by atoms with van der Waals surface area (Å²) in [5.41, 5.74) is 1.88. The van der Waals surface area contributed by atoms with Gasteiger partial charge in [-0.25, -0.2) is 4.39 Å². The van der Waals surface area contributed by atoms with Crippen molar-refractivity contribution in [2.75, 3.05) is 0 Å². The number of benzene rings is 2. The number of amides is 1. The number of aryl methyl sites for hydroxylation is 1. The molecule has 0 saturated carbocycles. The number of hydrogen-bond donors (Lipinski definition) is 1. The second kappa shape index (κ2) is 6.85. The van der Waals surface area contributed by atoms with Gasteiger partial charge in [-0.05, 0) is 48.7 Å². The number of hydrogen-bond acceptors (Lipinski definition) is 1. The highest BCUT2D eigenvalue weighted by atomic mass is 79.9. The third-order valence-corrected chi connectivity index (χ3v) is 3.88. The van der Waals surface area contributed by atoms with E-state index < -0.39 is 5.82 Å². The largest absolute Gasteiger partial charge is 0.345 e. The average molecular weight is 350 g/mol. The van der Waals surface area contributed by atoms with Crippen LogP contribution in [0.4, 0.5) is 4.39 Å². The van der Waals surface area contributed by atoms with Crippen molar-refractivity contribution in [3.05, 3.63) is 69.4 Å². The highest BCUT2D eigenvalue weighted by Crippen LogP contribution is 2.20. The molecule has 110 valence electrons. The molecule has 0 aromatic heterocycles. The van der Waals surface area contributed by atoms with E-state index in [1.165, 1.54) is 12.1 Å². The van der Waals surface area contributed by atoms with E-state index in [-0.39, 0.29) is 17.5 Å². The van der Waals surface area contributed by atoms with Crippen molar-refractivity contribution in [2.45, 2.75) is 26.3 Å². The lowest BCUT2D eigenvalue weighted by atomic mass is 10.0. The quantitative estimate of drug-likeness (QED) is 0.845. The lowest BCUT2D eigenvalue weighted by Gasteiger charge is -2.18. The molecular formula is C17H17BrFNO. The lowest BCUT2D eigenvalue weighted by molar-refractivity contribution is 0.0931. The Morgan fingerprint density at radius 2 is 1.90 bits per heavy atom. The Hall–Kier alpha value is -1.68. The first-order chi connectivity index (χ1) is 10.0. The average Bonchev–Trinajstić information content (AvgIpc) is 2.45. The Morgan fingerprint density at radius 3 is 2.48 bits per heavy atom. The van der Waals surface area contributed by atoms with Gasteiger partial charge in [0.25, 0.3) is 5.91 Å². The Bertz CT molecular complexity index is 640. The summed E-state index contributed by atoms with van der Waals surface area (Å²) in [5.74, 6) is -0.875. The van der Waals surface area contributed by atoms with E-state index in [2.05, 4.69) is 21.2 Å². The van der Waals surface area contributed by atoms with Crippen molar-refractivity contribution in [2.24, 2.45) is 0 Å². The zero-order valence-electron chi connectivity index (χ0n) is 12.0. The first-order valence-corrected chi connectivity index (χ1v) is 7.63. The SMILES string of the molecule is CCC(NC(=O)c1ccc(C)cc1F)c1ccc(Br)cc1. The van der Waals surface area contributed by atoms with Crippen LogP contribution in [0.5, 0.6) is 0 Å². The van der Waals surface area contributed by atoms with Crippen molar-refractivity contribution in [3.63, 3.8) is 0 Å². The summed E-state index contributed by atoms with van der Waals surface area (Å²) in [7, 11) is 0. The molecule has 1 atom stereocenters. The van der Waals surface area contributed by atoms with Gasteiger partial charge in [0.2, 0.25) is 0 Å². The highest BCUT2D eigenvalue weighted by Gasteiger charge is 2.16. The van der Waals surface area contributed by atoms with Crippen LogP contribution in [0.2, 0.25) is 0 Å². The van der Waals surface area contributed by atoms with Crippen LogP contribution < -0.4 is 5.32 Å². The molecule has 0 spiro atoms. The summed E-state index contributed by atoms with van der Waals surface area (Å²) in [4.78, 5) is 12.2. The van der Waals surface area contributed by atoms with Crippen LogP contribution in [0, 0.1) is 12.7 Å². The van der Waals surface area contributed by atoms with Crippen LogP contribution in [0.15, 0.2) is 46.9 Å². The molecule has 0 bridgehead atoms. The first-order valence-electron chi connectivity index (χ1n) is 6.83. The van der Waals surface area contributed by atoms with E-state index in [0.717, 1.165) is 22.0 Å². The van der Waals surface area contributed by atoms with Gasteiger partial charge in [-0.1, -0.05) is 41.1 Å². The maximum atomic E-state index is 13.8. The Kier molecular flexibility index (Phi) is 5.12. The lowest BCUT2D eigenvalue weighted by Crippen LogP contribution is -2.28. The van der Waals surface area contributed by atoms with Gasteiger partial charge in [0.05, 0.1) is 11.6 Å². The number of halogens is 2. The van der Waals surface area contributed by atoms with Crippen molar-refractivity contribution in [1.29, 1.82) is 0 Å². The van der Waals surface area contributed by atoms with Crippen LogP contribution in [0.3, 0.4) is 0 Å². The maximum absolute atomic E-state index is 13.8. The van der Waals surface area contributed by atoms with Gasteiger partial charge >= 0.3 is 0 Å². The molecule has 1 N–H and O–H groups in total. The number of nitrogens with one attached hydrogen (secondary N) is 1. The normalized spacial score (nSPS) is 12.0. The van der Waals surface area contributed by atoms with Gasteiger partial charge in [0.15, 0.2) is 0 Å². The van der Waals surface area contributed by atoms with E-state index >= 15 is 0 Å². The summed E-state index contributed by atoms with van der Waals surface area (Å²) in [6.45, 7) is 3.78. The summed E-state index contributed by atoms with van der Waals surface area (Å²) in [5, 5.41) is 2.88. The predicted molar refractivity (Wildman–Crippen MR) is 85.8 cm³/mol. The minimum Gasteiger partial charge on any atom is -0.345 e. The standard InChI is InChI=1S/C17H17BrFNO/c1-3-16(12-5-7-13(18)8-6-12)20-17(21)14-9-4-11(2)10-15(14)19/h4-10,16H,3H2,1-2H3,(H,20,21). The molecule has 0 saturated heterocycles. The molecule has 0 heterocycles.